The third-order valence-electron chi connectivity index (χ3n) is 0. The quantitative estimate of drug-likeness (QED) is 0.233. The summed E-state index contributed by atoms with van der Waals surface area (Å²) >= 11 is 0. The fourth-order valence-corrected chi connectivity index (χ4v) is 0. The van der Waals surface area contributed by atoms with Gasteiger partial charge in [-0.3, -0.25) is 19.2 Å². The van der Waals surface area contributed by atoms with Gasteiger partial charge in [-0.2, -0.15) is 6.42 Å². The summed E-state index contributed by atoms with van der Waals surface area (Å²) in [4.78, 5) is 36.0. The molecule has 11 heteroatoms. The number of carboxylic acids is 4. The third-order valence-corrected chi connectivity index (χ3v) is 0. The van der Waals surface area contributed by atoms with Crippen LogP contribution < -0.4 is 31.2 Å². The maximum Gasteiger partial charge on any atom is 1.00 e. The number of carboxylic acid groups (broad SMARTS) is 4. The maximum atomic E-state index is 9.00. The average Bonchev–Trinajstić information content (AvgIpc) is 1.97. The second kappa shape index (κ2) is 50.5. The summed E-state index contributed by atoms with van der Waals surface area (Å²) in [6, 6.07) is 0. The van der Waals surface area contributed by atoms with Crippen LogP contribution in [0.5, 0.6) is 0 Å². The molecule has 22 heavy (non-hydrogen) atoms. The van der Waals surface area contributed by atoms with Crippen molar-refractivity contribution in [3.8, 4) is 0 Å². The zero-order chi connectivity index (χ0) is 17.0. The molecular weight excluding hydrogens is 295 g/mol. The summed E-state index contributed by atoms with van der Waals surface area (Å²) in [6.45, 7) is 9.83. The molecular formula is C11H29LiN2O8. The van der Waals surface area contributed by atoms with Gasteiger partial charge in [0.25, 0.3) is 23.9 Å². The van der Waals surface area contributed by atoms with Crippen LogP contribution in [0.4, 0.5) is 0 Å². The van der Waals surface area contributed by atoms with E-state index in [2.05, 4.69) is 6.92 Å². The Morgan fingerprint density at radius 1 is 0.682 bits per heavy atom. The Balaban J connectivity index is -0.0000000180. The molecule has 0 aromatic rings. The van der Waals surface area contributed by atoms with Crippen LogP contribution in [0.3, 0.4) is 0 Å². The van der Waals surface area contributed by atoms with Crippen molar-refractivity contribution in [2.75, 3.05) is 0 Å². The van der Waals surface area contributed by atoms with Gasteiger partial charge in [-0.15, -0.1) is 0 Å². The molecule has 0 fully saturated rings. The van der Waals surface area contributed by atoms with Crippen molar-refractivity contribution in [2.45, 2.75) is 41.0 Å². The number of hydrogen-bond acceptors (Lipinski definition) is 6. The van der Waals surface area contributed by atoms with E-state index >= 15 is 0 Å². The number of aliphatic carboxylic acids is 4. The number of carbonyl (C=O) groups is 4. The van der Waals surface area contributed by atoms with Crippen LogP contribution in [0.2, 0.25) is 0 Å². The molecule has 0 aliphatic rings. The predicted molar refractivity (Wildman–Crippen MR) is 78.9 cm³/mol. The Morgan fingerprint density at radius 3 is 0.682 bits per heavy atom. The van der Waals surface area contributed by atoms with Crippen LogP contribution in [0, 0.1) is 6.92 Å². The van der Waals surface area contributed by atoms with Crippen molar-refractivity contribution in [3.05, 3.63) is 6.92 Å². The van der Waals surface area contributed by atoms with E-state index in [0.717, 1.165) is 34.1 Å². The Kier molecular flexibility index (Phi) is 115. The molecule has 0 rings (SSSR count). The van der Waals surface area contributed by atoms with E-state index in [4.69, 9.17) is 39.6 Å². The van der Waals surface area contributed by atoms with Crippen LogP contribution in [0.25, 0.3) is 0 Å². The summed E-state index contributed by atoms with van der Waals surface area (Å²) in [5.41, 5.74) is 0. The van der Waals surface area contributed by atoms with Gasteiger partial charge in [0.15, 0.2) is 0 Å². The van der Waals surface area contributed by atoms with Crippen LogP contribution in [0.15, 0.2) is 0 Å². The SMILES string of the molecule is CC(=O)O.CC(=O)O.CC(=O)O.CC(=O)O.N.N.[CH2-]CC.[Li+]. The molecule has 0 amide bonds. The molecule has 0 aliphatic heterocycles. The van der Waals surface area contributed by atoms with Crippen molar-refractivity contribution in [1.29, 1.82) is 0 Å². The van der Waals surface area contributed by atoms with Gasteiger partial charge in [-0.1, -0.05) is 6.92 Å². The van der Waals surface area contributed by atoms with Crippen LogP contribution in [-0.2, 0) is 19.2 Å². The molecule has 0 aromatic heterocycles. The summed E-state index contributed by atoms with van der Waals surface area (Å²) in [7, 11) is 0. The van der Waals surface area contributed by atoms with Crippen molar-refractivity contribution in [1.82, 2.24) is 12.3 Å². The van der Waals surface area contributed by atoms with E-state index in [1.165, 1.54) is 0 Å². The summed E-state index contributed by atoms with van der Waals surface area (Å²) in [5, 5.41) is 29.7. The van der Waals surface area contributed by atoms with Crippen molar-refractivity contribution in [3.63, 3.8) is 0 Å². The molecule has 0 aromatic carbocycles. The Hall–Kier alpha value is -1.60. The molecule has 10 nitrogen and oxygen atoms in total. The molecule has 0 unspecified atom stereocenters. The van der Waals surface area contributed by atoms with E-state index < -0.39 is 23.9 Å². The van der Waals surface area contributed by atoms with Crippen LogP contribution in [0.1, 0.15) is 41.0 Å². The second-order valence-electron chi connectivity index (χ2n) is 2.58. The van der Waals surface area contributed by atoms with E-state index in [9.17, 15) is 0 Å². The molecule has 0 spiro atoms. The summed E-state index contributed by atoms with van der Waals surface area (Å²) in [6.07, 6.45) is 1.00. The molecule has 0 saturated heterocycles. The second-order valence-corrected chi connectivity index (χ2v) is 2.58. The average molecular weight is 324 g/mol. The molecule has 0 aliphatic carbocycles. The van der Waals surface area contributed by atoms with E-state index in [-0.39, 0.29) is 31.2 Å². The van der Waals surface area contributed by atoms with Gasteiger partial charge in [-0.25, -0.2) is 0 Å². The third kappa shape index (κ3) is 2170. The zero-order valence-corrected chi connectivity index (χ0v) is 14.3. The minimum absolute atomic E-state index is 0. The Morgan fingerprint density at radius 2 is 0.682 bits per heavy atom. The summed E-state index contributed by atoms with van der Waals surface area (Å²) in [5.74, 6) is -3.33. The Bertz CT molecular complexity index is 186. The number of rotatable bonds is 0. The van der Waals surface area contributed by atoms with Gasteiger partial charge in [0, 0.05) is 27.7 Å². The fraction of sp³-hybridized carbons (Fsp3) is 0.545. The van der Waals surface area contributed by atoms with Crippen LogP contribution >= 0.6 is 0 Å². The number of hydrogen-bond donors (Lipinski definition) is 6. The van der Waals surface area contributed by atoms with Gasteiger partial charge >= 0.3 is 18.9 Å². The van der Waals surface area contributed by atoms with Crippen LogP contribution in [-0.4, -0.2) is 44.3 Å². The smallest absolute Gasteiger partial charge is 0.481 e. The molecule has 132 valence electrons. The van der Waals surface area contributed by atoms with Crippen molar-refractivity contribution >= 4 is 23.9 Å². The largest absolute Gasteiger partial charge is 1.00 e. The normalized spacial score (nSPS) is 5.36. The maximum absolute atomic E-state index is 9.00. The van der Waals surface area contributed by atoms with Crippen molar-refractivity contribution in [2.24, 2.45) is 0 Å². The van der Waals surface area contributed by atoms with Crippen molar-refractivity contribution < 1.29 is 58.5 Å². The van der Waals surface area contributed by atoms with Gasteiger partial charge < -0.3 is 39.7 Å². The monoisotopic (exact) mass is 324 g/mol. The van der Waals surface area contributed by atoms with Gasteiger partial charge in [0.2, 0.25) is 0 Å². The molecule has 0 saturated carbocycles. The summed E-state index contributed by atoms with van der Waals surface area (Å²) < 4.78 is 0. The topological polar surface area (TPSA) is 219 Å². The molecule has 0 heterocycles. The fourth-order valence-electron chi connectivity index (χ4n) is 0. The first kappa shape index (κ1) is 49.9. The standard InChI is InChI=1S/C3H7.4C2H4O2.Li.2H3N/c1-3-2;4*1-2(3)4;;;/h1,3H2,2H3;4*1H3,(H,3,4);;2*1H3/q-1;;;;;+1;;. The van der Waals surface area contributed by atoms with E-state index in [1.807, 2.05) is 6.92 Å². The first-order chi connectivity index (χ1) is 8.34. The van der Waals surface area contributed by atoms with E-state index in [0.29, 0.717) is 0 Å². The molecule has 0 bridgehead atoms. The predicted octanol–water partition coefficient (Wildman–Crippen LogP) is -1.08. The Labute approximate surface area is 143 Å². The first-order valence-corrected chi connectivity index (χ1v) is 4.92. The zero-order valence-electron chi connectivity index (χ0n) is 14.3. The minimum Gasteiger partial charge on any atom is -0.481 e. The minimum atomic E-state index is -0.833. The van der Waals surface area contributed by atoms with Gasteiger partial charge in [-0.05, 0) is 0 Å². The van der Waals surface area contributed by atoms with E-state index in [1.54, 1.807) is 0 Å². The molecule has 0 atom stereocenters. The first-order valence-electron chi connectivity index (χ1n) is 4.92. The molecule has 0 radical (unpaired) electrons. The van der Waals surface area contributed by atoms with Gasteiger partial charge in [0.05, 0.1) is 0 Å². The van der Waals surface area contributed by atoms with Gasteiger partial charge in [0.1, 0.15) is 0 Å². The molecule has 10 N–H and O–H groups in total.